The first-order chi connectivity index (χ1) is 11.3. The van der Waals surface area contributed by atoms with Crippen molar-refractivity contribution >= 4 is 11.8 Å². The highest BCUT2D eigenvalue weighted by molar-refractivity contribution is 7.99. The number of rotatable bonds is 15. The fourth-order valence-corrected chi connectivity index (χ4v) is 3.74. The van der Waals surface area contributed by atoms with Crippen molar-refractivity contribution in [3.63, 3.8) is 0 Å². The van der Waals surface area contributed by atoms with Gasteiger partial charge in [-0.25, -0.2) is 0 Å². The molecule has 1 aromatic carbocycles. The monoisotopic (exact) mass is 336 g/mol. The molecule has 0 aliphatic carbocycles. The van der Waals surface area contributed by atoms with Gasteiger partial charge in [-0.05, 0) is 18.6 Å². The van der Waals surface area contributed by atoms with Gasteiger partial charge in [0.15, 0.2) is 0 Å². The van der Waals surface area contributed by atoms with Crippen LogP contribution in [0.2, 0.25) is 0 Å². The fourth-order valence-electron chi connectivity index (χ4n) is 2.84. The summed E-state index contributed by atoms with van der Waals surface area (Å²) in [5, 5.41) is 10.0. The molecule has 1 nitrogen and oxygen atoms in total. The topological polar surface area (TPSA) is 20.2 Å². The van der Waals surface area contributed by atoms with Crippen LogP contribution in [-0.2, 0) is 0 Å². The van der Waals surface area contributed by atoms with E-state index in [0.717, 1.165) is 12.2 Å². The Bertz CT molecular complexity index is 352. The summed E-state index contributed by atoms with van der Waals surface area (Å²) in [5.41, 5.74) is 0. The molecule has 0 saturated carbocycles. The Morgan fingerprint density at radius 3 is 1.87 bits per heavy atom. The van der Waals surface area contributed by atoms with Crippen LogP contribution in [0.15, 0.2) is 35.2 Å². The number of hydrogen-bond acceptors (Lipinski definition) is 2. The molecule has 1 atom stereocenters. The lowest BCUT2D eigenvalue weighted by Crippen LogP contribution is -2.09. The second kappa shape index (κ2) is 15.1. The van der Waals surface area contributed by atoms with E-state index in [1.807, 2.05) is 6.07 Å². The van der Waals surface area contributed by atoms with Crippen LogP contribution in [0.1, 0.15) is 84.0 Å². The van der Waals surface area contributed by atoms with E-state index >= 15 is 0 Å². The van der Waals surface area contributed by atoms with E-state index in [1.54, 1.807) is 11.8 Å². The van der Waals surface area contributed by atoms with Crippen LogP contribution in [-0.4, -0.2) is 17.0 Å². The summed E-state index contributed by atoms with van der Waals surface area (Å²) >= 11 is 1.76. The Kier molecular flexibility index (Phi) is 13.5. The molecule has 1 aromatic rings. The molecule has 0 aliphatic rings. The van der Waals surface area contributed by atoms with Gasteiger partial charge < -0.3 is 5.11 Å². The van der Waals surface area contributed by atoms with Gasteiger partial charge in [0, 0.05) is 10.6 Å². The number of aliphatic hydroxyl groups excluding tert-OH is 1. The van der Waals surface area contributed by atoms with Gasteiger partial charge in [-0.15, -0.1) is 11.8 Å². The molecule has 2 heteroatoms. The highest BCUT2D eigenvalue weighted by atomic mass is 32.2. The molecule has 1 N–H and O–H groups in total. The Balaban J connectivity index is 1.83. The summed E-state index contributed by atoms with van der Waals surface area (Å²) in [5.74, 6) is 0.821. The van der Waals surface area contributed by atoms with E-state index in [4.69, 9.17) is 0 Å². The van der Waals surface area contributed by atoms with Crippen LogP contribution in [0.25, 0.3) is 0 Å². The van der Waals surface area contributed by atoms with Gasteiger partial charge in [0.05, 0.1) is 6.10 Å². The molecule has 0 aromatic heterocycles. The predicted molar refractivity (Wildman–Crippen MR) is 104 cm³/mol. The van der Waals surface area contributed by atoms with E-state index in [-0.39, 0.29) is 6.10 Å². The van der Waals surface area contributed by atoms with E-state index in [9.17, 15) is 5.11 Å². The van der Waals surface area contributed by atoms with Crippen molar-refractivity contribution in [1.82, 2.24) is 0 Å². The molecule has 0 radical (unpaired) electrons. The fraction of sp³-hybridized carbons (Fsp3) is 0.714. The molecule has 0 saturated heterocycles. The molecule has 0 unspecified atom stereocenters. The van der Waals surface area contributed by atoms with Crippen molar-refractivity contribution in [3.05, 3.63) is 30.3 Å². The second-order valence-corrected chi connectivity index (χ2v) is 7.70. The van der Waals surface area contributed by atoms with Crippen molar-refractivity contribution in [2.45, 2.75) is 95.0 Å². The highest BCUT2D eigenvalue weighted by Gasteiger charge is 2.04. The van der Waals surface area contributed by atoms with Gasteiger partial charge in [0.25, 0.3) is 0 Å². The summed E-state index contributed by atoms with van der Waals surface area (Å²) in [6.45, 7) is 2.28. The van der Waals surface area contributed by atoms with E-state index in [1.165, 1.54) is 75.5 Å². The van der Waals surface area contributed by atoms with Crippen LogP contribution < -0.4 is 0 Å². The zero-order valence-corrected chi connectivity index (χ0v) is 15.8. The lowest BCUT2D eigenvalue weighted by molar-refractivity contribution is 0.185. The minimum Gasteiger partial charge on any atom is -0.392 e. The highest BCUT2D eigenvalue weighted by Crippen LogP contribution is 2.20. The third kappa shape index (κ3) is 12.6. The van der Waals surface area contributed by atoms with Gasteiger partial charge in [-0.1, -0.05) is 95.8 Å². The molecule has 23 heavy (non-hydrogen) atoms. The number of thioether (sulfide) groups is 1. The van der Waals surface area contributed by atoms with Gasteiger partial charge >= 0.3 is 0 Å². The van der Waals surface area contributed by atoms with Gasteiger partial charge in [0.2, 0.25) is 0 Å². The molecule has 132 valence electrons. The Morgan fingerprint density at radius 2 is 1.30 bits per heavy atom. The van der Waals surface area contributed by atoms with Crippen molar-refractivity contribution in [1.29, 1.82) is 0 Å². The molecule has 0 spiro atoms. The summed E-state index contributed by atoms with van der Waals surface area (Å²) < 4.78 is 0. The van der Waals surface area contributed by atoms with Crippen molar-refractivity contribution in [2.75, 3.05) is 5.75 Å². The number of aliphatic hydroxyl groups is 1. The largest absolute Gasteiger partial charge is 0.392 e. The standard InChI is InChI=1S/C21H36OS/c1-2-3-4-5-6-7-8-9-10-11-13-16-20(22)19-23-21-17-14-12-15-18-21/h12,14-15,17-18,20,22H,2-11,13,16,19H2,1H3/t20-/m1/s1. The molecule has 0 heterocycles. The molecule has 0 bridgehead atoms. The summed E-state index contributed by atoms with van der Waals surface area (Å²) in [4.78, 5) is 1.26. The van der Waals surface area contributed by atoms with Crippen molar-refractivity contribution in [3.8, 4) is 0 Å². The first-order valence-corrected chi connectivity index (χ1v) is 10.7. The molecule has 0 amide bonds. The van der Waals surface area contributed by atoms with Crippen LogP contribution in [0.5, 0.6) is 0 Å². The first-order valence-electron chi connectivity index (χ1n) is 9.69. The zero-order valence-electron chi connectivity index (χ0n) is 15.0. The predicted octanol–water partition coefficient (Wildman–Crippen LogP) is 6.84. The Labute approximate surface area is 148 Å². The maximum absolute atomic E-state index is 10.0. The summed E-state index contributed by atoms with van der Waals surface area (Å²) in [6, 6.07) is 10.4. The minimum absolute atomic E-state index is 0.154. The molecule has 0 fully saturated rings. The van der Waals surface area contributed by atoms with Crippen LogP contribution in [0.4, 0.5) is 0 Å². The number of benzene rings is 1. The van der Waals surface area contributed by atoms with Gasteiger partial charge in [-0.3, -0.25) is 0 Å². The average molecular weight is 337 g/mol. The quantitative estimate of drug-likeness (QED) is 0.279. The lowest BCUT2D eigenvalue weighted by atomic mass is 10.0. The van der Waals surface area contributed by atoms with E-state index in [0.29, 0.717) is 0 Å². The van der Waals surface area contributed by atoms with Crippen LogP contribution in [0.3, 0.4) is 0 Å². The third-order valence-corrected chi connectivity index (χ3v) is 5.48. The van der Waals surface area contributed by atoms with Gasteiger partial charge in [-0.2, -0.15) is 0 Å². The Hall–Kier alpha value is -0.470. The van der Waals surface area contributed by atoms with Crippen LogP contribution >= 0.6 is 11.8 Å². The lowest BCUT2D eigenvalue weighted by Gasteiger charge is -2.10. The first kappa shape index (κ1) is 20.6. The second-order valence-electron chi connectivity index (χ2n) is 6.60. The molecule has 0 aliphatic heterocycles. The van der Waals surface area contributed by atoms with Crippen LogP contribution in [0, 0.1) is 0 Å². The van der Waals surface area contributed by atoms with E-state index < -0.39 is 0 Å². The molecular weight excluding hydrogens is 300 g/mol. The number of hydrogen-bond donors (Lipinski definition) is 1. The van der Waals surface area contributed by atoms with E-state index in [2.05, 4.69) is 31.2 Å². The number of unbranched alkanes of at least 4 members (excludes halogenated alkanes) is 10. The summed E-state index contributed by atoms with van der Waals surface area (Å²) in [7, 11) is 0. The van der Waals surface area contributed by atoms with Gasteiger partial charge in [0.1, 0.15) is 0 Å². The van der Waals surface area contributed by atoms with Crippen molar-refractivity contribution < 1.29 is 5.11 Å². The maximum atomic E-state index is 10.0. The molecular formula is C21H36OS. The zero-order chi connectivity index (χ0) is 16.6. The molecule has 1 rings (SSSR count). The normalized spacial score (nSPS) is 12.4. The SMILES string of the molecule is CCCCCCCCCCCCC[C@@H](O)CSc1ccccc1. The van der Waals surface area contributed by atoms with Crippen molar-refractivity contribution in [2.24, 2.45) is 0 Å². The smallest absolute Gasteiger partial charge is 0.0634 e. The minimum atomic E-state index is -0.154. The maximum Gasteiger partial charge on any atom is 0.0634 e. The summed E-state index contributed by atoms with van der Waals surface area (Å²) in [6.07, 6.45) is 15.8. The third-order valence-electron chi connectivity index (χ3n) is 4.33. The average Bonchev–Trinajstić information content (AvgIpc) is 2.59. The Morgan fingerprint density at radius 1 is 0.783 bits per heavy atom.